The molecule has 0 aliphatic heterocycles. The Balaban J connectivity index is 2.57. The molecule has 0 saturated carbocycles. The van der Waals surface area contributed by atoms with Crippen LogP contribution < -0.4 is 10.1 Å². The first-order valence-corrected chi connectivity index (χ1v) is 6.64. The average molecular weight is 265 g/mol. The van der Waals surface area contributed by atoms with Crippen molar-refractivity contribution in [3.63, 3.8) is 0 Å². The Labute approximate surface area is 114 Å². The highest BCUT2D eigenvalue weighted by atomic mass is 16.5. The van der Waals surface area contributed by atoms with Crippen molar-refractivity contribution >= 4 is 5.97 Å². The van der Waals surface area contributed by atoms with E-state index in [0.717, 1.165) is 16.9 Å². The molecule has 0 bridgehead atoms. The van der Waals surface area contributed by atoms with Gasteiger partial charge in [-0.1, -0.05) is 26.0 Å². The van der Waals surface area contributed by atoms with E-state index >= 15 is 0 Å². The molecule has 1 aromatic rings. The summed E-state index contributed by atoms with van der Waals surface area (Å²) in [4.78, 5) is 10.4. The second-order valence-electron chi connectivity index (χ2n) is 5.14. The van der Waals surface area contributed by atoms with Crippen LogP contribution >= 0.6 is 0 Å². The van der Waals surface area contributed by atoms with Gasteiger partial charge in [-0.15, -0.1) is 0 Å². The van der Waals surface area contributed by atoms with Crippen molar-refractivity contribution in [1.82, 2.24) is 5.32 Å². The first-order valence-electron chi connectivity index (χ1n) is 6.64. The minimum Gasteiger partial charge on any atom is -0.493 e. The zero-order chi connectivity index (χ0) is 14.3. The predicted octanol–water partition coefficient (Wildman–Crippen LogP) is 2.59. The highest BCUT2D eigenvalue weighted by Gasteiger charge is 2.06. The molecule has 0 fully saturated rings. The van der Waals surface area contributed by atoms with Gasteiger partial charge in [0.15, 0.2) is 0 Å². The number of rotatable bonds is 8. The van der Waals surface area contributed by atoms with Crippen molar-refractivity contribution in [2.45, 2.75) is 33.7 Å². The molecule has 0 amide bonds. The lowest BCUT2D eigenvalue weighted by Gasteiger charge is -2.14. The fourth-order valence-corrected chi connectivity index (χ4v) is 1.62. The molecule has 0 aromatic heterocycles. The number of hydrogen-bond donors (Lipinski definition) is 2. The van der Waals surface area contributed by atoms with Crippen LogP contribution in [-0.4, -0.2) is 24.2 Å². The topological polar surface area (TPSA) is 58.6 Å². The van der Waals surface area contributed by atoms with Crippen LogP contribution in [0.5, 0.6) is 5.75 Å². The lowest BCUT2D eigenvalue weighted by molar-refractivity contribution is -0.136. The van der Waals surface area contributed by atoms with E-state index in [0.29, 0.717) is 25.6 Å². The fourth-order valence-electron chi connectivity index (χ4n) is 1.62. The third-order valence-electron chi connectivity index (χ3n) is 2.63. The zero-order valence-electron chi connectivity index (χ0n) is 11.9. The molecule has 0 unspecified atom stereocenters. The summed E-state index contributed by atoms with van der Waals surface area (Å²) < 4.78 is 5.80. The summed E-state index contributed by atoms with van der Waals surface area (Å²) in [6.07, 6.45) is 0.133. The van der Waals surface area contributed by atoms with E-state index in [1.807, 2.05) is 25.1 Å². The van der Waals surface area contributed by atoms with Crippen LogP contribution in [0.3, 0.4) is 0 Å². The van der Waals surface area contributed by atoms with Crippen molar-refractivity contribution in [1.29, 1.82) is 0 Å². The Morgan fingerprint density at radius 3 is 2.79 bits per heavy atom. The van der Waals surface area contributed by atoms with Gasteiger partial charge in [0, 0.05) is 18.7 Å². The minimum atomic E-state index is -0.785. The molecule has 106 valence electrons. The molecule has 1 aromatic carbocycles. The summed E-state index contributed by atoms with van der Waals surface area (Å²) in [6, 6.07) is 6.09. The molecule has 1 rings (SSSR count). The van der Waals surface area contributed by atoms with E-state index < -0.39 is 5.97 Å². The molecule has 0 heterocycles. The molecule has 4 nitrogen and oxygen atoms in total. The van der Waals surface area contributed by atoms with Crippen LogP contribution in [0.25, 0.3) is 0 Å². The number of hydrogen-bond acceptors (Lipinski definition) is 3. The predicted molar refractivity (Wildman–Crippen MR) is 75.5 cm³/mol. The number of carboxylic acid groups (broad SMARTS) is 1. The maximum Gasteiger partial charge on any atom is 0.304 e. The van der Waals surface area contributed by atoms with Crippen LogP contribution in [0.15, 0.2) is 18.2 Å². The molecule has 0 radical (unpaired) electrons. The SMILES string of the molecule is Cc1ccc(CNCCC(=O)O)c(OCC(C)C)c1. The van der Waals surface area contributed by atoms with Gasteiger partial charge < -0.3 is 15.2 Å². The number of nitrogens with one attached hydrogen (secondary N) is 1. The highest BCUT2D eigenvalue weighted by molar-refractivity contribution is 5.66. The van der Waals surface area contributed by atoms with E-state index in [1.165, 1.54) is 0 Å². The van der Waals surface area contributed by atoms with Crippen LogP contribution in [0.1, 0.15) is 31.4 Å². The third-order valence-corrected chi connectivity index (χ3v) is 2.63. The molecule has 2 N–H and O–H groups in total. The van der Waals surface area contributed by atoms with Crippen LogP contribution in [0.4, 0.5) is 0 Å². The first kappa shape index (κ1) is 15.5. The van der Waals surface area contributed by atoms with Crippen molar-refractivity contribution in [3.05, 3.63) is 29.3 Å². The average Bonchev–Trinajstić information content (AvgIpc) is 2.33. The van der Waals surface area contributed by atoms with E-state index in [9.17, 15) is 4.79 Å². The molecule has 4 heteroatoms. The van der Waals surface area contributed by atoms with E-state index in [2.05, 4.69) is 19.2 Å². The Bertz CT molecular complexity index is 416. The summed E-state index contributed by atoms with van der Waals surface area (Å²) in [7, 11) is 0. The summed E-state index contributed by atoms with van der Waals surface area (Å²) in [5.74, 6) is 0.581. The lowest BCUT2D eigenvalue weighted by atomic mass is 10.1. The molecule has 0 spiro atoms. The smallest absolute Gasteiger partial charge is 0.304 e. The van der Waals surface area contributed by atoms with Crippen molar-refractivity contribution in [2.75, 3.05) is 13.2 Å². The number of aliphatic carboxylic acids is 1. The monoisotopic (exact) mass is 265 g/mol. The molecule has 0 aliphatic rings. The van der Waals surface area contributed by atoms with Gasteiger partial charge in [-0.2, -0.15) is 0 Å². The first-order chi connectivity index (χ1) is 8.99. The molecule has 0 aliphatic carbocycles. The summed E-state index contributed by atoms with van der Waals surface area (Å²) in [6.45, 7) is 8.03. The number of carboxylic acids is 1. The quantitative estimate of drug-likeness (QED) is 0.709. The van der Waals surface area contributed by atoms with Gasteiger partial charge in [0.1, 0.15) is 5.75 Å². The van der Waals surface area contributed by atoms with Gasteiger partial charge in [0.2, 0.25) is 0 Å². The maximum atomic E-state index is 10.4. The summed E-state index contributed by atoms with van der Waals surface area (Å²) in [5.41, 5.74) is 2.23. The normalized spacial score (nSPS) is 10.7. The van der Waals surface area contributed by atoms with Crippen LogP contribution in [0.2, 0.25) is 0 Å². The minimum absolute atomic E-state index is 0.133. The van der Waals surface area contributed by atoms with Crippen LogP contribution in [0, 0.1) is 12.8 Å². The Morgan fingerprint density at radius 2 is 2.16 bits per heavy atom. The van der Waals surface area contributed by atoms with Crippen molar-refractivity contribution in [3.8, 4) is 5.75 Å². The number of aryl methyl sites for hydroxylation is 1. The van der Waals surface area contributed by atoms with E-state index in [-0.39, 0.29) is 6.42 Å². The second kappa shape index (κ2) is 7.79. The molecule has 0 atom stereocenters. The third kappa shape index (κ3) is 6.25. The second-order valence-corrected chi connectivity index (χ2v) is 5.14. The number of ether oxygens (including phenoxy) is 1. The zero-order valence-corrected chi connectivity index (χ0v) is 11.9. The standard InChI is InChI=1S/C15H23NO3/c1-11(2)10-19-14-8-12(3)4-5-13(14)9-16-7-6-15(17)18/h4-5,8,11,16H,6-7,9-10H2,1-3H3,(H,17,18). The number of benzene rings is 1. The largest absolute Gasteiger partial charge is 0.493 e. The van der Waals surface area contributed by atoms with Gasteiger partial charge in [0.05, 0.1) is 13.0 Å². The van der Waals surface area contributed by atoms with Crippen LogP contribution in [-0.2, 0) is 11.3 Å². The van der Waals surface area contributed by atoms with Crippen molar-refractivity contribution in [2.24, 2.45) is 5.92 Å². The van der Waals surface area contributed by atoms with Gasteiger partial charge in [-0.25, -0.2) is 0 Å². The molecular formula is C15H23NO3. The maximum absolute atomic E-state index is 10.4. The fraction of sp³-hybridized carbons (Fsp3) is 0.533. The van der Waals surface area contributed by atoms with Gasteiger partial charge >= 0.3 is 5.97 Å². The van der Waals surface area contributed by atoms with Crippen molar-refractivity contribution < 1.29 is 14.6 Å². The van der Waals surface area contributed by atoms with Gasteiger partial charge in [0.25, 0.3) is 0 Å². The number of carbonyl (C=O) groups is 1. The Hall–Kier alpha value is -1.55. The lowest BCUT2D eigenvalue weighted by Crippen LogP contribution is -2.18. The molecule has 19 heavy (non-hydrogen) atoms. The van der Waals surface area contributed by atoms with E-state index in [1.54, 1.807) is 0 Å². The summed E-state index contributed by atoms with van der Waals surface area (Å²) >= 11 is 0. The van der Waals surface area contributed by atoms with Gasteiger partial charge in [-0.05, 0) is 24.5 Å². The van der Waals surface area contributed by atoms with Gasteiger partial charge in [-0.3, -0.25) is 4.79 Å². The summed E-state index contributed by atoms with van der Waals surface area (Å²) in [5, 5.41) is 11.7. The Morgan fingerprint density at radius 1 is 1.42 bits per heavy atom. The Kier molecular flexibility index (Phi) is 6.36. The van der Waals surface area contributed by atoms with E-state index in [4.69, 9.17) is 9.84 Å². The molecular weight excluding hydrogens is 242 g/mol. The highest BCUT2D eigenvalue weighted by Crippen LogP contribution is 2.21. The molecule has 0 saturated heterocycles.